The minimum Gasteiger partial charge on any atom is -0.420 e. The summed E-state index contributed by atoms with van der Waals surface area (Å²) in [6, 6.07) is 5.07. The number of halogens is 1. The molecule has 9 heteroatoms. The second-order valence-corrected chi connectivity index (χ2v) is 6.94. The van der Waals surface area contributed by atoms with E-state index in [4.69, 9.17) is 4.42 Å². The second-order valence-electron chi connectivity index (χ2n) is 5.32. The molecule has 2 N–H and O–H groups in total. The minimum atomic E-state index is -3.86. The molecule has 1 aromatic carbocycles. The number of hydrogen-bond acceptors (Lipinski definition) is 5. The van der Waals surface area contributed by atoms with E-state index in [0.717, 1.165) is 0 Å². The molecule has 0 spiro atoms. The van der Waals surface area contributed by atoms with E-state index in [2.05, 4.69) is 19.9 Å². The molecule has 0 fully saturated rings. The average molecular weight is 350 g/mol. The number of rotatable bonds is 4. The zero-order valence-corrected chi connectivity index (χ0v) is 14.0. The summed E-state index contributed by atoms with van der Waals surface area (Å²) in [6.45, 7) is 4.94. The third kappa shape index (κ3) is 2.90. The largest absolute Gasteiger partial charge is 0.420 e. The lowest BCUT2D eigenvalue weighted by molar-refractivity contribution is 0.531. The van der Waals surface area contributed by atoms with Gasteiger partial charge in [0, 0.05) is 23.9 Å². The zero-order valence-electron chi connectivity index (χ0n) is 13.2. The Labute approximate surface area is 138 Å². The third-order valence-electron chi connectivity index (χ3n) is 3.47. The van der Waals surface area contributed by atoms with Crippen molar-refractivity contribution >= 4 is 15.7 Å². The summed E-state index contributed by atoms with van der Waals surface area (Å²) >= 11 is 0. The lowest BCUT2D eigenvalue weighted by Gasteiger charge is -2.08. The van der Waals surface area contributed by atoms with Crippen molar-refractivity contribution in [3.63, 3.8) is 0 Å². The first-order chi connectivity index (χ1) is 11.3. The second kappa shape index (κ2) is 5.75. The smallest absolute Gasteiger partial charge is 0.264 e. The van der Waals surface area contributed by atoms with Gasteiger partial charge in [0.15, 0.2) is 0 Å². The van der Waals surface area contributed by atoms with Crippen LogP contribution in [-0.2, 0) is 10.0 Å². The number of sulfonamides is 1. The van der Waals surface area contributed by atoms with Crippen LogP contribution in [0, 0.1) is 26.6 Å². The molecule has 0 aliphatic rings. The first kappa shape index (κ1) is 16.2. The highest BCUT2D eigenvalue weighted by atomic mass is 32.2. The summed E-state index contributed by atoms with van der Waals surface area (Å²) < 4.78 is 46.1. The Balaban J connectivity index is 2.02. The number of anilines is 1. The molecule has 7 nitrogen and oxygen atoms in total. The van der Waals surface area contributed by atoms with Gasteiger partial charge in [-0.1, -0.05) is 0 Å². The van der Waals surface area contributed by atoms with E-state index in [1.165, 1.54) is 24.3 Å². The molecule has 0 bridgehead atoms. The minimum absolute atomic E-state index is 0.0951. The molecule has 0 saturated heterocycles. The van der Waals surface area contributed by atoms with E-state index < -0.39 is 15.8 Å². The summed E-state index contributed by atoms with van der Waals surface area (Å²) in [5.41, 5.74) is 1.62. The van der Waals surface area contributed by atoms with Gasteiger partial charge in [0.25, 0.3) is 15.9 Å². The van der Waals surface area contributed by atoms with E-state index in [-0.39, 0.29) is 16.5 Å². The van der Waals surface area contributed by atoms with Gasteiger partial charge in [0.1, 0.15) is 16.4 Å². The van der Waals surface area contributed by atoms with Crippen LogP contribution in [0.1, 0.15) is 17.1 Å². The standard InChI is InChI=1S/C15H15FN4O3S/c1-8-13(15-19-18-10(3)23-15)17-9(2)14(8)24(21,22)20-12-6-4-11(16)5-7-12/h4-7,17,20H,1-3H3. The van der Waals surface area contributed by atoms with Gasteiger partial charge in [0.05, 0.1) is 0 Å². The Morgan fingerprint density at radius 3 is 2.38 bits per heavy atom. The molecular formula is C15H15FN4O3S. The van der Waals surface area contributed by atoms with Gasteiger partial charge in [0.2, 0.25) is 5.89 Å². The van der Waals surface area contributed by atoms with Gasteiger partial charge in [-0.2, -0.15) is 0 Å². The van der Waals surface area contributed by atoms with Crippen molar-refractivity contribution in [1.29, 1.82) is 0 Å². The lowest BCUT2D eigenvalue weighted by Crippen LogP contribution is -2.14. The first-order valence-electron chi connectivity index (χ1n) is 7.06. The van der Waals surface area contributed by atoms with Crippen molar-refractivity contribution in [3.05, 3.63) is 47.2 Å². The van der Waals surface area contributed by atoms with Gasteiger partial charge in [-0.05, 0) is 38.1 Å². The van der Waals surface area contributed by atoms with Gasteiger partial charge in [-0.15, -0.1) is 10.2 Å². The predicted octanol–water partition coefficient (Wildman–Crippen LogP) is 2.93. The normalized spacial score (nSPS) is 11.7. The molecule has 126 valence electrons. The van der Waals surface area contributed by atoms with Crippen LogP contribution in [-0.4, -0.2) is 23.6 Å². The van der Waals surface area contributed by atoms with Crippen LogP contribution >= 0.6 is 0 Å². The van der Waals surface area contributed by atoms with E-state index in [9.17, 15) is 12.8 Å². The van der Waals surface area contributed by atoms with Crippen molar-refractivity contribution in [2.24, 2.45) is 0 Å². The molecule has 0 atom stereocenters. The molecule has 3 rings (SSSR count). The van der Waals surface area contributed by atoms with Crippen molar-refractivity contribution in [2.75, 3.05) is 4.72 Å². The lowest BCUT2D eigenvalue weighted by atomic mass is 10.2. The highest BCUT2D eigenvalue weighted by molar-refractivity contribution is 7.92. The van der Waals surface area contributed by atoms with Crippen LogP contribution in [0.4, 0.5) is 10.1 Å². The molecule has 0 unspecified atom stereocenters. The molecule has 3 aromatic rings. The number of H-pyrrole nitrogens is 1. The maximum Gasteiger partial charge on any atom is 0.264 e. The molecule has 2 heterocycles. The van der Waals surface area contributed by atoms with E-state index in [0.29, 0.717) is 22.8 Å². The monoisotopic (exact) mass is 350 g/mol. The topological polar surface area (TPSA) is 101 Å². The summed E-state index contributed by atoms with van der Waals surface area (Å²) in [7, 11) is -3.86. The van der Waals surface area contributed by atoms with Crippen LogP contribution in [0.2, 0.25) is 0 Å². The summed E-state index contributed by atoms with van der Waals surface area (Å²) in [5, 5.41) is 7.65. The van der Waals surface area contributed by atoms with Crippen molar-refractivity contribution in [2.45, 2.75) is 25.7 Å². The molecule has 0 amide bonds. The first-order valence-corrected chi connectivity index (χ1v) is 8.54. The van der Waals surface area contributed by atoms with Crippen LogP contribution in [0.5, 0.6) is 0 Å². The fourth-order valence-corrected chi connectivity index (χ4v) is 3.98. The van der Waals surface area contributed by atoms with Gasteiger partial charge >= 0.3 is 0 Å². The third-order valence-corrected chi connectivity index (χ3v) is 5.13. The van der Waals surface area contributed by atoms with Gasteiger partial charge in [-0.3, -0.25) is 4.72 Å². The molecule has 0 saturated carbocycles. The average Bonchev–Trinajstić information content (AvgIpc) is 3.05. The van der Waals surface area contributed by atoms with E-state index >= 15 is 0 Å². The van der Waals surface area contributed by atoms with Crippen LogP contribution in [0.25, 0.3) is 11.6 Å². The highest BCUT2D eigenvalue weighted by Gasteiger charge is 2.26. The molecule has 0 aliphatic carbocycles. The number of aromatic amines is 1. The molecule has 24 heavy (non-hydrogen) atoms. The maximum absolute atomic E-state index is 13.0. The summed E-state index contributed by atoms with van der Waals surface area (Å²) in [5.74, 6) is 0.155. The number of nitrogens with zero attached hydrogens (tertiary/aromatic N) is 2. The Kier molecular flexibility index (Phi) is 3.88. The van der Waals surface area contributed by atoms with Crippen molar-refractivity contribution < 1.29 is 17.2 Å². The number of nitrogens with one attached hydrogen (secondary N) is 2. The van der Waals surface area contributed by atoms with Crippen molar-refractivity contribution in [3.8, 4) is 11.6 Å². The Morgan fingerprint density at radius 1 is 1.12 bits per heavy atom. The quantitative estimate of drug-likeness (QED) is 0.753. The molecule has 2 aromatic heterocycles. The Hall–Kier alpha value is -2.68. The Bertz CT molecular complexity index is 990. The SMILES string of the molecule is Cc1nnc(-c2[nH]c(C)c(S(=O)(=O)Nc3ccc(F)cc3)c2C)o1. The van der Waals surface area contributed by atoms with E-state index in [1.807, 2.05) is 0 Å². The van der Waals surface area contributed by atoms with Gasteiger partial charge < -0.3 is 9.40 Å². The van der Waals surface area contributed by atoms with Crippen LogP contribution < -0.4 is 4.72 Å². The number of benzene rings is 1. The Morgan fingerprint density at radius 2 is 1.79 bits per heavy atom. The number of aryl methyl sites for hydroxylation is 2. The summed E-state index contributed by atoms with van der Waals surface area (Å²) in [4.78, 5) is 3.06. The fourth-order valence-electron chi connectivity index (χ4n) is 2.47. The highest BCUT2D eigenvalue weighted by Crippen LogP contribution is 2.30. The fraction of sp³-hybridized carbons (Fsp3) is 0.200. The molecule has 0 radical (unpaired) electrons. The number of hydrogen-bond donors (Lipinski definition) is 2. The van der Waals surface area contributed by atoms with Crippen molar-refractivity contribution in [1.82, 2.24) is 15.2 Å². The number of aromatic nitrogens is 3. The van der Waals surface area contributed by atoms with Crippen LogP contribution in [0.3, 0.4) is 0 Å². The molecule has 0 aliphatic heterocycles. The summed E-state index contributed by atoms with van der Waals surface area (Å²) in [6.07, 6.45) is 0. The van der Waals surface area contributed by atoms with Crippen LogP contribution in [0.15, 0.2) is 33.6 Å². The van der Waals surface area contributed by atoms with E-state index in [1.54, 1.807) is 20.8 Å². The predicted molar refractivity (Wildman–Crippen MR) is 85.5 cm³/mol. The maximum atomic E-state index is 13.0. The van der Waals surface area contributed by atoms with Gasteiger partial charge in [-0.25, -0.2) is 12.8 Å². The molecular weight excluding hydrogens is 335 g/mol. The zero-order chi connectivity index (χ0) is 17.5.